The molecule has 1 saturated heterocycles. The number of benzene rings is 2. The molecule has 10 heteroatoms. The van der Waals surface area contributed by atoms with Crippen molar-refractivity contribution < 1.29 is 24.3 Å². The van der Waals surface area contributed by atoms with Crippen LogP contribution in [-0.4, -0.2) is 64.5 Å². The smallest absolute Gasteiger partial charge is 0.326 e. The number of hydrogen-bond acceptors (Lipinski definition) is 5. The third kappa shape index (κ3) is 7.73. The van der Waals surface area contributed by atoms with Crippen LogP contribution in [0.3, 0.4) is 0 Å². The van der Waals surface area contributed by atoms with Crippen LogP contribution in [0.1, 0.15) is 44.2 Å². The van der Waals surface area contributed by atoms with Gasteiger partial charge in [0.1, 0.15) is 18.1 Å². The molecule has 2 heterocycles. The van der Waals surface area contributed by atoms with Gasteiger partial charge in [-0.05, 0) is 42.5 Å². The number of amides is 3. The van der Waals surface area contributed by atoms with Crippen LogP contribution in [-0.2, 0) is 32.0 Å². The number of hydrogen-bond donors (Lipinski definition) is 6. The lowest BCUT2D eigenvalue weighted by Gasteiger charge is -2.26. The number of para-hydroxylation sites is 1. The summed E-state index contributed by atoms with van der Waals surface area (Å²) >= 11 is 0. The highest BCUT2D eigenvalue weighted by Gasteiger charge is 2.33. The molecule has 6 N–H and O–H groups in total. The zero-order valence-electron chi connectivity index (χ0n) is 23.5. The Kier molecular flexibility index (Phi) is 10.1. The van der Waals surface area contributed by atoms with E-state index in [9.17, 15) is 24.3 Å². The van der Waals surface area contributed by atoms with Gasteiger partial charge >= 0.3 is 5.97 Å². The largest absolute Gasteiger partial charge is 0.480 e. The lowest BCUT2D eigenvalue weighted by molar-refractivity contribution is -0.143. The van der Waals surface area contributed by atoms with Gasteiger partial charge in [0.05, 0.1) is 6.04 Å². The zero-order valence-corrected chi connectivity index (χ0v) is 23.5. The molecule has 5 atom stereocenters. The van der Waals surface area contributed by atoms with Crippen LogP contribution in [0.4, 0.5) is 0 Å². The lowest BCUT2D eigenvalue weighted by atomic mass is 9.97. The average molecular weight is 562 g/mol. The van der Waals surface area contributed by atoms with Crippen molar-refractivity contribution in [3.05, 3.63) is 71.9 Å². The monoisotopic (exact) mass is 561 g/mol. The maximum Gasteiger partial charge on any atom is 0.326 e. The molecule has 3 aromatic rings. The van der Waals surface area contributed by atoms with Crippen molar-refractivity contribution in [2.75, 3.05) is 6.54 Å². The first-order chi connectivity index (χ1) is 19.8. The number of fused-ring (bicyclic) bond motifs is 1. The number of aromatic amines is 1. The minimum absolute atomic E-state index is 0.156. The number of aliphatic carboxylic acids is 1. The van der Waals surface area contributed by atoms with Crippen LogP contribution in [0.15, 0.2) is 60.8 Å². The molecule has 2 aromatic carbocycles. The Labute approximate surface area is 239 Å². The minimum Gasteiger partial charge on any atom is -0.480 e. The fourth-order valence-electron chi connectivity index (χ4n) is 5.18. The van der Waals surface area contributed by atoms with Gasteiger partial charge in [0, 0.05) is 29.9 Å². The van der Waals surface area contributed by atoms with Crippen LogP contribution in [0.2, 0.25) is 0 Å². The second kappa shape index (κ2) is 13.9. The average Bonchev–Trinajstić information content (AvgIpc) is 3.66. The van der Waals surface area contributed by atoms with Crippen LogP contribution >= 0.6 is 0 Å². The number of carbonyl (C=O) groups is 4. The van der Waals surface area contributed by atoms with Crippen molar-refractivity contribution in [1.29, 1.82) is 0 Å². The topological polar surface area (TPSA) is 152 Å². The van der Waals surface area contributed by atoms with E-state index in [1.807, 2.05) is 67.7 Å². The summed E-state index contributed by atoms with van der Waals surface area (Å²) in [7, 11) is 0. The fraction of sp³-hybridized carbons (Fsp3) is 0.419. The molecular weight excluding hydrogens is 522 g/mol. The highest BCUT2D eigenvalue weighted by molar-refractivity contribution is 5.95. The van der Waals surface area contributed by atoms with Crippen molar-refractivity contribution >= 4 is 34.6 Å². The van der Waals surface area contributed by atoms with Crippen LogP contribution < -0.4 is 21.3 Å². The first-order valence-electron chi connectivity index (χ1n) is 14.2. The number of aromatic nitrogens is 1. The molecule has 0 saturated carbocycles. The van der Waals surface area contributed by atoms with E-state index in [0.717, 1.165) is 35.0 Å². The summed E-state index contributed by atoms with van der Waals surface area (Å²) < 4.78 is 0. The van der Waals surface area contributed by atoms with Crippen molar-refractivity contribution in [3.8, 4) is 0 Å². The van der Waals surface area contributed by atoms with Crippen molar-refractivity contribution in [3.63, 3.8) is 0 Å². The van der Waals surface area contributed by atoms with Crippen LogP contribution in [0.5, 0.6) is 0 Å². The third-order valence-corrected chi connectivity index (χ3v) is 7.80. The fourth-order valence-corrected chi connectivity index (χ4v) is 5.18. The molecule has 4 rings (SSSR count). The molecule has 1 fully saturated rings. The van der Waals surface area contributed by atoms with E-state index in [2.05, 4.69) is 26.3 Å². The van der Waals surface area contributed by atoms with Gasteiger partial charge in [-0.1, -0.05) is 68.8 Å². The molecule has 0 bridgehead atoms. The van der Waals surface area contributed by atoms with Crippen LogP contribution in [0, 0.1) is 5.92 Å². The predicted molar refractivity (Wildman–Crippen MR) is 156 cm³/mol. The van der Waals surface area contributed by atoms with Crippen molar-refractivity contribution in [2.45, 2.75) is 70.1 Å². The summed E-state index contributed by atoms with van der Waals surface area (Å²) in [5, 5.41) is 22.2. The Morgan fingerprint density at radius 3 is 2.29 bits per heavy atom. The maximum atomic E-state index is 13.8. The molecule has 1 aliphatic heterocycles. The summed E-state index contributed by atoms with van der Waals surface area (Å²) in [4.78, 5) is 55.5. The van der Waals surface area contributed by atoms with Gasteiger partial charge in [0.2, 0.25) is 17.7 Å². The van der Waals surface area contributed by atoms with E-state index in [-0.39, 0.29) is 30.7 Å². The van der Waals surface area contributed by atoms with Crippen molar-refractivity contribution in [2.24, 2.45) is 5.92 Å². The van der Waals surface area contributed by atoms with E-state index >= 15 is 0 Å². The summed E-state index contributed by atoms with van der Waals surface area (Å²) in [6, 6.07) is 13.4. The van der Waals surface area contributed by atoms with Crippen molar-refractivity contribution in [1.82, 2.24) is 26.3 Å². The highest BCUT2D eigenvalue weighted by atomic mass is 16.4. The Balaban J connectivity index is 1.59. The number of H-pyrrole nitrogens is 1. The number of rotatable bonds is 13. The first kappa shape index (κ1) is 29.8. The number of nitrogens with one attached hydrogen (secondary N) is 5. The summed E-state index contributed by atoms with van der Waals surface area (Å²) in [5.74, 6) is -2.82. The predicted octanol–water partition coefficient (Wildman–Crippen LogP) is 2.29. The first-order valence-corrected chi connectivity index (χ1v) is 14.2. The molecule has 0 radical (unpaired) electrons. The van der Waals surface area contributed by atoms with Gasteiger partial charge in [-0.3, -0.25) is 14.4 Å². The molecule has 1 aromatic heterocycles. The Morgan fingerprint density at radius 2 is 1.61 bits per heavy atom. The number of carboxylic acid groups (broad SMARTS) is 1. The second-order valence-corrected chi connectivity index (χ2v) is 10.7. The third-order valence-electron chi connectivity index (χ3n) is 7.80. The van der Waals surface area contributed by atoms with E-state index < -0.39 is 35.9 Å². The Hall–Kier alpha value is -4.18. The van der Waals surface area contributed by atoms with E-state index in [1.165, 1.54) is 0 Å². The van der Waals surface area contributed by atoms with E-state index in [1.54, 1.807) is 6.92 Å². The van der Waals surface area contributed by atoms with Crippen LogP contribution in [0.25, 0.3) is 10.9 Å². The molecule has 0 spiro atoms. The standard InChI is InChI=1S/C31H39N5O5/c1-3-19(2)27(31(40)41)36-30(39)25(16-20-10-5-4-6-11-20)34-29(38)26(35-28(37)24-14-9-15-32-24)17-21-18-33-23-13-8-7-12-22(21)23/h4-8,10-13,18-19,24-27,32-33H,3,9,14-17H2,1-2H3,(H,34,38)(H,35,37)(H,36,39)(H,40,41). The summed E-state index contributed by atoms with van der Waals surface area (Å²) in [6.07, 6.45) is 4.29. The van der Waals surface area contributed by atoms with Gasteiger partial charge in [0.25, 0.3) is 0 Å². The summed E-state index contributed by atoms with van der Waals surface area (Å²) in [5.41, 5.74) is 2.57. The SMILES string of the molecule is CCC(C)C(NC(=O)C(Cc1ccccc1)NC(=O)C(Cc1c[nH]c2ccccc12)NC(=O)C1CCCN1)C(=O)O. The van der Waals surface area contributed by atoms with Gasteiger partial charge in [-0.2, -0.15) is 0 Å². The Bertz CT molecular complexity index is 1350. The quantitative estimate of drug-likeness (QED) is 0.188. The molecule has 5 unspecified atom stereocenters. The van der Waals surface area contributed by atoms with Gasteiger partial charge < -0.3 is 31.4 Å². The molecule has 10 nitrogen and oxygen atoms in total. The summed E-state index contributed by atoms with van der Waals surface area (Å²) in [6.45, 7) is 4.35. The molecular formula is C31H39N5O5. The van der Waals surface area contributed by atoms with E-state index in [0.29, 0.717) is 12.8 Å². The maximum absolute atomic E-state index is 13.8. The molecule has 41 heavy (non-hydrogen) atoms. The number of carboxylic acids is 1. The molecule has 1 aliphatic rings. The van der Waals surface area contributed by atoms with Gasteiger partial charge in [-0.15, -0.1) is 0 Å². The minimum atomic E-state index is -1.13. The lowest BCUT2D eigenvalue weighted by Crippen LogP contribution is -2.58. The molecule has 218 valence electrons. The second-order valence-electron chi connectivity index (χ2n) is 10.7. The highest BCUT2D eigenvalue weighted by Crippen LogP contribution is 2.20. The van der Waals surface area contributed by atoms with Gasteiger partial charge in [0.15, 0.2) is 0 Å². The molecule has 3 amide bonds. The Morgan fingerprint density at radius 1 is 0.927 bits per heavy atom. The zero-order chi connectivity index (χ0) is 29.4. The molecule has 0 aliphatic carbocycles. The van der Waals surface area contributed by atoms with E-state index in [4.69, 9.17) is 0 Å². The van der Waals surface area contributed by atoms with Gasteiger partial charge in [-0.25, -0.2) is 4.79 Å². The normalized spacial score (nSPS) is 17.8. The number of carbonyl (C=O) groups excluding carboxylic acids is 3.